The second-order valence-electron chi connectivity index (χ2n) is 6.12. The van der Waals surface area contributed by atoms with Crippen LogP contribution in [0.4, 0.5) is 20.4 Å². The Hall–Kier alpha value is -3.40. The van der Waals surface area contributed by atoms with E-state index in [0.29, 0.717) is 24.7 Å². The molecule has 0 unspecified atom stereocenters. The molecule has 0 aliphatic carbocycles. The fourth-order valence-electron chi connectivity index (χ4n) is 2.74. The smallest absolute Gasteiger partial charge is 0.279 e. The van der Waals surface area contributed by atoms with Crippen molar-refractivity contribution in [3.8, 4) is 5.75 Å². The van der Waals surface area contributed by atoms with Gasteiger partial charge in [0.2, 0.25) is 0 Å². The lowest BCUT2D eigenvalue weighted by molar-refractivity contribution is 0.102. The minimum absolute atomic E-state index is 0.124. The molecular formula is C18H13ClF2N6O2. The van der Waals surface area contributed by atoms with Crippen molar-refractivity contribution in [3.63, 3.8) is 0 Å². The zero-order valence-electron chi connectivity index (χ0n) is 14.7. The lowest BCUT2D eigenvalue weighted by Gasteiger charge is -2.40. The average Bonchev–Trinajstić information content (AvgIpc) is 2.69. The Morgan fingerprint density at radius 1 is 1.17 bits per heavy atom. The number of anilines is 2. The van der Waals surface area contributed by atoms with Gasteiger partial charge in [0.05, 0.1) is 18.1 Å². The molecular weight excluding hydrogens is 406 g/mol. The van der Waals surface area contributed by atoms with Crippen LogP contribution in [-0.4, -0.2) is 45.0 Å². The van der Waals surface area contributed by atoms with Crippen molar-refractivity contribution in [1.82, 2.24) is 19.9 Å². The molecule has 2 aromatic heterocycles. The molecule has 1 aliphatic heterocycles. The number of benzene rings is 1. The van der Waals surface area contributed by atoms with Crippen LogP contribution < -0.4 is 15.0 Å². The van der Waals surface area contributed by atoms with Crippen molar-refractivity contribution in [3.05, 3.63) is 65.5 Å². The van der Waals surface area contributed by atoms with Crippen LogP contribution in [0, 0.1) is 11.6 Å². The van der Waals surface area contributed by atoms with E-state index in [9.17, 15) is 13.6 Å². The molecule has 1 aliphatic rings. The number of nitrogens with zero attached hydrogens (tertiary/aromatic N) is 5. The number of aromatic nitrogens is 4. The summed E-state index contributed by atoms with van der Waals surface area (Å²) in [6, 6.07) is 3.70. The van der Waals surface area contributed by atoms with Gasteiger partial charge in [-0.3, -0.25) is 4.79 Å². The zero-order valence-corrected chi connectivity index (χ0v) is 15.5. The number of ether oxygens (including phenoxy) is 1. The molecule has 0 atom stereocenters. The predicted octanol–water partition coefficient (Wildman–Crippen LogP) is 2.72. The molecule has 1 N–H and O–H groups in total. The number of carbonyl (C=O) groups is 1. The zero-order chi connectivity index (χ0) is 20.4. The summed E-state index contributed by atoms with van der Waals surface area (Å²) >= 11 is 5.63. The first-order valence-corrected chi connectivity index (χ1v) is 8.83. The van der Waals surface area contributed by atoms with Gasteiger partial charge in [0.15, 0.2) is 23.1 Å². The van der Waals surface area contributed by atoms with E-state index in [1.54, 1.807) is 11.0 Å². The summed E-state index contributed by atoms with van der Waals surface area (Å²) in [7, 11) is 0. The molecule has 1 fully saturated rings. The highest BCUT2D eigenvalue weighted by atomic mass is 35.5. The molecule has 1 amide bonds. The van der Waals surface area contributed by atoms with Gasteiger partial charge in [-0.15, -0.1) is 0 Å². The summed E-state index contributed by atoms with van der Waals surface area (Å²) in [5.41, 5.74) is 0.125. The summed E-state index contributed by atoms with van der Waals surface area (Å²) in [5.74, 6) is -1.83. The summed E-state index contributed by atoms with van der Waals surface area (Å²) in [4.78, 5) is 30.4. The number of halogens is 3. The minimum Gasteiger partial charge on any atom is -0.487 e. The van der Waals surface area contributed by atoms with Crippen molar-refractivity contribution in [1.29, 1.82) is 0 Å². The number of amides is 1. The lowest BCUT2D eigenvalue weighted by atomic mass is 10.1. The van der Waals surface area contributed by atoms with E-state index < -0.39 is 17.5 Å². The molecule has 4 rings (SSSR count). The van der Waals surface area contributed by atoms with Crippen molar-refractivity contribution in [2.75, 3.05) is 23.3 Å². The van der Waals surface area contributed by atoms with Crippen LogP contribution in [0.5, 0.6) is 5.75 Å². The quantitative estimate of drug-likeness (QED) is 0.637. The van der Waals surface area contributed by atoms with E-state index in [1.807, 2.05) is 0 Å². The molecule has 3 heterocycles. The number of rotatable bonds is 5. The summed E-state index contributed by atoms with van der Waals surface area (Å²) in [6.45, 7) is 0.756. The number of carbonyl (C=O) groups excluding carboxylic acids is 1. The van der Waals surface area contributed by atoms with E-state index >= 15 is 0 Å². The molecule has 148 valence electrons. The van der Waals surface area contributed by atoms with Crippen molar-refractivity contribution < 1.29 is 18.3 Å². The van der Waals surface area contributed by atoms with Crippen LogP contribution in [0.2, 0.25) is 5.02 Å². The van der Waals surface area contributed by atoms with Gasteiger partial charge < -0.3 is 15.0 Å². The highest BCUT2D eigenvalue weighted by Crippen LogP contribution is 2.28. The van der Waals surface area contributed by atoms with Gasteiger partial charge in [-0.05, 0) is 6.07 Å². The number of hydrogen-bond donors (Lipinski definition) is 1. The molecule has 3 aromatic rings. The van der Waals surface area contributed by atoms with Crippen LogP contribution in [0.1, 0.15) is 10.5 Å². The molecule has 1 aromatic carbocycles. The fraction of sp³-hybridized carbons (Fsp3) is 0.167. The van der Waals surface area contributed by atoms with E-state index in [4.69, 9.17) is 16.3 Å². The van der Waals surface area contributed by atoms with Gasteiger partial charge in [-0.1, -0.05) is 11.6 Å². The van der Waals surface area contributed by atoms with Crippen molar-refractivity contribution in [2.24, 2.45) is 0 Å². The largest absolute Gasteiger partial charge is 0.487 e. The first-order chi connectivity index (χ1) is 14.0. The van der Waals surface area contributed by atoms with E-state index in [2.05, 4.69) is 25.3 Å². The van der Waals surface area contributed by atoms with Crippen LogP contribution in [0.3, 0.4) is 0 Å². The summed E-state index contributed by atoms with van der Waals surface area (Å²) in [5, 5.41) is 2.28. The van der Waals surface area contributed by atoms with Crippen LogP contribution in [-0.2, 0) is 0 Å². The van der Waals surface area contributed by atoms with Crippen LogP contribution >= 0.6 is 11.6 Å². The van der Waals surface area contributed by atoms with Gasteiger partial charge in [0.1, 0.15) is 24.0 Å². The van der Waals surface area contributed by atoms with Gasteiger partial charge in [0.25, 0.3) is 5.91 Å². The van der Waals surface area contributed by atoms with E-state index in [-0.39, 0.29) is 22.6 Å². The topological polar surface area (TPSA) is 93.1 Å². The number of hydrogen-bond acceptors (Lipinski definition) is 7. The Morgan fingerprint density at radius 3 is 2.69 bits per heavy atom. The lowest BCUT2D eigenvalue weighted by Crippen LogP contribution is -2.54. The maximum Gasteiger partial charge on any atom is 0.279 e. The Kier molecular flexibility index (Phi) is 5.17. The molecule has 0 radical (unpaired) electrons. The maximum absolute atomic E-state index is 13.5. The minimum atomic E-state index is -1.12. The van der Waals surface area contributed by atoms with Gasteiger partial charge >= 0.3 is 0 Å². The molecule has 8 nitrogen and oxygen atoms in total. The van der Waals surface area contributed by atoms with E-state index in [0.717, 1.165) is 6.07 Å². The fourth-order valence-corrected chi connectivity index (χ4v) is 2.94. The highest BCUT2D eigenvalue weighted by Gasteiger charge is 2.33. The molecule has 0 bridgehead atoms. The van der Waals surface area contributed by atoms with Crippen LogP contribution in [0.25, 0.3) is 0 Å². The first-order valence-electron chi connectivity index (χ1n) is 8.46. The SMILES string of the molecule is O=C(Nc1ccncn1)c1nccnc1N1CC(Oc2cc(F)c(F)c(Cl)c2)C1. The third-order valence-electron chi connectivity index (χ3n) is 4.13. The summed E-state index contributed by atoms with van der Waals surface area (Å²) in [6.07, 6.45) is 5.39. The Labute approximate surface area is 168 Å². The molecule has 0 spiro atoms. The Morgan fingerprint density at radius 2 is 1.97 bits per heavy atom. The second-order valence-corrected chi connectivity index (χ2v) is 6.53. The molecule has 29 heavy (non-hydrogen) atoms. The van der Waals surface area contributed by atoms with Crippen molar-refractivity contribution in [2.45, 2.75) is 6.10 Å². The molecule has 11 heteroatoms. The normalized spacial score (nSPS) is 13.7. The number of nitrogens with one attached hydrogen (secondary N) is 1. The van der Waals surface area contributed by atoms with Crippen molar-refractivity contribution >= 4 is 29.1 Å². The van der Waals surface area contributed by atoms with Crippen LogP contribution in [0.15, 0.2) is 43.1 Å². The second kappa shape index (κ2) is 7.92. The third-order valence-corrected chi connectivity index (χ3v) is 4.40. The van der Waals surface area contributed by atoms with Gasteiger partial charge in [-0.2, -0.15) is 0 Å². The predicted molar refractivity (Wildman–Crippen MR) is 100 cm³/mol. The molecule has 1 saturated heterocycles. The average molecular weight is 419 g/mol. The van der Waals surface area contributed by atoms with E-state index in [1.165, 1.54) is 31.0 Å². The molecule has 0 saturated carbocycles. The van der Waals surface area contributed by atoms with Gasteiger partial charge in [-0.25, -0.2) is 28.7 Å². The maximum atomic E-state index is 13.5. The third kappa shape index (κ3) is 4.06. The Balaban J connectivity index is 1.43. The van der Waals surface area contributed by atoms with Gasteiger partial charge in [0, 0.05) is 30.7 Å². The monoisotopic (exact) mass is 418 g/mol. The standard InChI is InChI=1S/C18H13ClF2N6O2/c19-12-5-10(6-13(20)15(12)21)29-11-7-27(8-11)17-16(23-3-4-24-17)18(28)26-14-1-2-22-9-25-14/h1-6,9,11H,7-8H2,(H,22,25,26,28). The Bertz CT molecular complexity index is 1030. The first kappa shape index (κ1) is 18.9. The highest BCUT2D eigenvalue weighted by molar-refractivity contribution is 6.30. The summed E-state index contributed by atoms with van der Waals surface area (Å²) < 4.78 is 32.3.